The normalized spacial score (nSPS) is 15.5. The van der Waals surface area contributed by atoms with Crippen LogP contribution in [0.15, 0.2) is 10.9 Å². The smallest absolute Gasteiger partial charge is 0.135 e. The zero-order valence-electron chi connectivity index (χ0n) is 16.6. The Balaban J connectivity index is 5.23. The van der Waals surface area contributed by atoms with Gasteiger partial charge in [0.25, 0.3) is 0 Å². The Hall–Kier alpha value is 0.155. The Bertz CT molecular complexity index is 282. The molecule has 2 unspecified atom stereocenters. The molecular formula is C20H41BS. The third kappa shape index (κ3) is 8.13. The third-order valence-corrected chi connectivity index (χ3v) is 6.33. The van der Waals surface area contributed by atoms with Crippen molar-refractivity contribution in [2.24, 2.45) is 11.8 Å². The molecular weight excluding hydrogens is 283 g/mol. The van der Waals surface area contributed by atoms with Crippen LogP contribution >= 0.6 is 11.8 Å². The Labute approximate surface area is 146 Å². The maximum atomic E-state index is 2.55. The van der Waals surface area contributed by atoms with Crippen LogP contribution in [-0.4, -0.2) is 12.5 Å². The molecule has 0 heterocycles. The molecule has 0 saturated carbocycles. The molecule has 0 aromatic heterocycles. The predicted molar refractivity (Wildman–Crippen MR) is 109 cm³/mol. The molecule has 0 spiro atoms. The van der Waals surface area contributed by atoms with Crippen molar-refractivity contribution in [1.29, 1.82) is 0 Å². The van der Waals surface area contributed by atoms with Crippen LogP contribution in [0.3, 0.4) is 0 Å². The Morgan fingerprint density at radius 1 is 0.864 bits per heavy atom. The van der Waals surface area contributed by atoms with Gasteiger partial charge < -0.3 is 0 Å². The highest BCUT2D eigenvalue weighted by Crippen LogP contribution is 2.38. The summed E-state index contributed by atoms with van der Waals surface area (Å²) >= 11 is 2.06. The number of rotatable bonds is 12. The lowest BCUT2D eigenvalue weighted by atomic mass is 9.27. The van der Waals surface area contributed by atoms with Crippen molar-refractivity contribution in [3.63, 3.8) is 0 Å². The second kappa shape index (κ2) is 12.6. The summed E-state index contributed by atoms with van der Waals surface area (Å²) in [6.07, 6.45) is 6.59. The van der Waals surface area contributed by atoms with Gasteiger partial charge in [0.2, 0.25) is 0 Å². The summed E-state index contributed by atoms with van der Waals surface area (Å²) in [4.78, 5) is 0. The largest absolute Gasteiger partial charge is 0.177 e. The van der Waals surface area contributed by atoms with Gasteiger partial charge in [-0.3, -0.25) is 0 Å². The maximum Gasteiger partial charge on any atom is 0.177 e. The molecule has 0 rings (SSSR count). The van der Waals surface area contributed by atoms with Gasteiger partial charge in [0.15, 0.2) is 6.71 Å². The van der Waals surface area contributed by atoms with Gasteiger partial charge in [-0.25, -0.2) is 0 Å². The zero-order valence-corrected chi connectivity index (χ0v) is 17.4. The molecule has 0 fully saturated rings. The van der Waals surface area contributed by atoms with Crippen LogP contribution in [0.25, 0.3) is 0 Å². The van der Waals surface area contributed by atoms with Crippen molar-refractivity contribution in [1.82, 2.24) is 0 Å². The Kier molecular flexibility index (Phi) is 12.7. The molecule has 0 aromatic carbocycles. The fourth-order valence-corrected chi connectivity index (χ4v) is 4.12. The molecule has 22 heavy (non-hydrogen) atoms. The number of hydrogen-bond donors (Lipinski definition) is 0. The molecule has 0 aliphatic carbocycles. The number of unbranched alkanes of at least 4 members (excludes halogenated alkanes) is 2. The van der Waals surface area contributed by atoms with Gasteiger partial charge in [-0.2, -0.15) is 0 Å². The molecule has 0 amide bonds. The summed E-state index contributed by atoms with van der Waals surface area (Å²) in [6, 6.07) is 0. The summed E-state index contributed by atoms with van der Waals surface area (Å²) in [5, 5.41) is 2.55. The van der Waals surface area contributed by atoms with Gasteiger partial charge in [-0.1, -0.05) is 104 Å². The number of thioether (sulfide) groups is 1. The van der Waals surface area contributed by atoms with E-state index in [0.29, 0.717) is 0 Å². The maximum absolute atomic E-state index is 2.55. The highest BCUT2D eigenvalue weighted by molar-refractivity contribution is 8.02. The van der Waals surface area contributed by atoms with Crippen LogP contribution in [0.4, 0.5) is 0 Å². The lowest BCUT2D eigenvalue weighted by molar-refractivity contribution is 0.562. The Morgan fingerprint density at radius 2 is 1.36 bits per heavy atom. The third-order valence-electron chi connectivity index (χ3n) is 5.33. The van der Waals surface area contributed by atoms with Gasteiger partial charge in [0.05, 0.1) is 0 Å². The number of allylic oxidation sites excluding steroid dienone is 1. The van der Waals surface area contributed by atoms with Gasteiger partial charge in [0, 0.05) is 0 Å². The molecule has 0 saturated heterocycles. The van der Waals surface area contributed by atoms with E-state index in [4.69, 9.17) is 0 Å². The molecule has 0 N–H and O–H groups in total. The van der Waals surface area contributed by atoms with Gasteiger partial charge >= 0.3 is 0 Å². The fraction of sp³-hybridized carbons (Fsp3) is 0.900. The molecule has 130 valence electrons. The van der Waals surface area contributed by atoms with E-state index in [0.717, 1.165) is 30.2 Å². The van der Waals surface area contributed by atoms with Crippen LogP contribution in [-0.2, 0) is 0 Å². The van der Waals surface area contributed by atoms with E-state index < -0.39 is 0 Å². The molecule has 2 atom stereocenters. The number of hydrogen-bond acceptors (Lipinski definition) is 1. The highest BCUT2D eigenvalue weighted by atomic mass is 32.2. The first kappa shape index (κ1) is 22.2. The molecule has 2 heteroatoms. The van der Waals surface area contributed by atoms with Crippen LogP contribution in [0, 0.1) is 11.8 Å². The first-order valence-corrected chi connectivity index (χ1v) is 10.7. The Morgan fingerprint density at radius 3 is 1.77 bits per heavy atom. The minimum Gasteiger partial charge on any atom is -0.135 e. The topological polar surface area (TPSA) is 0 Å². The first-order valence-electron chi connectivity index (χ1n) is 9.67. The molecule has 0 radical (unpaired) electrons. The van der Waals surface area contributed by atoms with Crippen molar-refractivity contribution < 1.29 is 0 Å². The van der Waals surface area contributed by atoms with Crippen LogP contribution in [0.5, 0.6) is 0 Å². The predicted octanol–water partition coefficient (Wildman–Crippen LogP) is 7.72. The van der Waals surface area contributed by atoms with E-state index in [1.807, 2.05) is 0 Å². The van der Waals surface area contributed by atoms with E-state index in [1.165, 1.54) is 37.9 Å². The second-order valence-electron chi connectivity index (χ2n) is 7.75. The van der Waals surface area contributed by atoms with Crippen LogP contribution in [0.2, 0.25) is 11.6 Å². The first-order chi connectivity index (χ1) is 10.4. The van der Waals surface area contributed by atoms with Crippen molar-refractivity contribution in [2.75, 3.05) is 5.75 Å². The average Bonchev–Trinajstić information content (AvgIpc) is 2.47. The highest BCUT2D eigenvalue weighted by Gasteiger charge is 2.33. The van der Waals surface area contributed by atoms with Crippen molar-refractivity contribution in [2.45, 2.75) is 99.1 Å². The summed E-state index contributed by atoms with van der Waals surface area (Å²) < 4.78 is 0. The fourth-order valence-electron chi connectivity index (χ4n) is 3.06. The molecule has 0 aromatic rings. The van der Waals surface area contributed by atoms with Gasteiger partial charge in [0.1, 0.15) is 0 Å². The quantitative estimate of drug-likeness (QED) is 0.261. The molecule has 0 aliphatic rings. The minimum atomic E-state index is 0.751. The van der Waals surface area contributed by atoms with E-state index >= 15 is 0 Å². The SMILES string of the molecule is CCCCS/C=C(\CCCC)B(C(C)C(C)C)C(C)C(C)C. The standard InChI is InChI=1S/C20H41BS/c1-9-11-13-20(15-22-14-12-10-2)21(18(7)16(3)4)19(8)17(5)6/h15-19H,9-14H2,1-8H3/b20-15+. The molecule has 0 bridgehead atoms. The van der Waals surface area contributed by atoms with Gasteiger partial charge in [-0.15, -0.1) is 11.8 Å². The average molecular weight is 324 g/mol. The van der Waals surface area contributed by atoms with Crippen LogP contribution < -0.4 is 0 Å². The summed E-state index contributed by atoms with van der Waals surface area (Å²) in [5.41, 5.74) is 1.74. The molecule has 0 nitrogen and oxygen atoms in total. The lowest BCUT2D eigenvalue weighted by Crippen LogP contribution is -2.32. The zero-order chi connectivity index (χ0) is 17.1. The van der Waals surface area contributed by atoms with Crippen molar-refractivity contribution in [3.05, 3.63) is 10.9 Å². The second-order valence-corrected chi connectivity index (χ2v) is 8.73. The van der Waals surface area contributed by atoms with Crippen molar-refractivity contribution >= 4 is 18.5 Å². The van der Waals surface area contributed by atoms with Crippen molar-refractivity contribution in [3.8, 4) is 0 Å². The van der Waals surface area contributed by atoms with E-state index in [1.54, 1.807) is 5.47 Å². The summed E-state index contributed by atoms with van der Waals surface area (Å²) in [5.74, 6) is 4.35. The van der Waals surface area contributed by atoms with Gasteiger partial charge in [-0.05, 0) is 24.0 Å². The van der Waals surface area contributed by atoms with Crippen LogP contribution in [0.1, 0.15) is 87.5 Å². The molecule has 0 aliphatic heterocycles. The summed E-state index contributed by atoms with van der Waals surface area (Å²) in [7, 11) is 0. The minimum absolute atomic E-state index is 0.751. The monoisotopic (exact) mass is 324 g/mol. The van der Waals surface area contributed by atoms with E-state index in [2.05, 4.69) is 72.6 Å². The summed E-state index contributed by atoms with van der Waals surface area (Å²) in [6.45, 7) is 19.9. The van der Waals surface area contributed by atoms with E-state index in [-0.39, 0.29) is 0 Å². The lowest BCUT2D eigenvalue weighted by Gasteiger charge is -2.33. The van der Waals surface area contributed by atoms with E-state index in [9.17, 15) is 0 Å².